The van der Waals surface area contributed by atoms with Gasteiger partial charge >= 0.3 is 0 Å². The summed E-state index contributed by atoms with van der Waals surface area (Å²) in [4.78, 5) is 22.5. The van der Waals surface area contributed by atoms with Gasteiger partial charge in [0.15, 0.2) is 11.6 Å². The van der Waals surface area contributed by atoms with Gasteiger partial charge < -0.3 is 10.5 Å². The monoisotopic (exact) mass is 233 g/mol. The molecule has 0 heterocycles. The van der Waals surface area contributed by atoms with Crippen molar-refractivity contribution in [3.63, 3.8) is 0 Å². The Balaban J connectivity index is 3.00. The Morgan fingerprint density at radius 3 is 1.94 bits per heavy atom. The van der Waals surface area contributed by atoms with Crippen LogP contribution in [0.15, 0.2) is 35.7 Å². The number of Topliss-reactive ketones (excluding diaryl/α,β-unsaturated/α-hetero) is 2. The lowest BCUT2D eigenvalue weighted by molar-refractivity contribution is -0.119. The highest BCUT2D eigenvalue weighted by Gasteiger charge is 2.16. The van der Waals surface area contributed by atoms with Crippen LogP contribution in [-0.2, 0) is 9.59 Å². The molecule has 0 saturated heterocycles. The third-order valence-corrected chi connectivity index (χ3v) is 2.20. The summed E-state index contributed by atoms with van der Waals surface area (Å²) in [7, 11) is 0. The van der Waals surface area contributed by atoms with Gasteiger partial charge in [0.2, 0.25) is 5.88 Å². The number of hydrogen-bond acceptors (Lipinski definition) is 4. The van der Waals surface area contributed by atoms with Gasteiger partial charge in [-0.05, 0) is 32.9 Å². The molecule has 0 aliphatic rings. The average molecular weight is 233 g/mol. The molecule has 4 heteroatoms. The molecule has 0 bridgehead atoms. The first kappa shape index (κ1) is 13.0. The zero-order valence-corrected chi connectivity index (χ0v) is 10.1. The Labute approximate surface area is 100 Å². The summed E-state index contributed by atoms with van der Waals surface area (Å²) in [5.41, 5.74) is 6.58. The van der Waals surface area contributed by atoms with Crippen molar-refractivity contribution in [2.24, 2.45) is 5.73 Å². The van der Waals surface area contributed by atoms with E-state index in [1.54, 1.807) is 12.1 Å². The van der Waals surface area contributed by atoms with E-state index in [2.05, 4.69) is 0 Å². The van der Waals surface area contributed by atoms with Crippen LogP contribution in [0.3, 0.4) is 0 Å². The van der Waals surface area contributed by atoms with E-state index >= 15 is 0 Å². The zero-order valence-electron chi connectivity index (χ0n) is 10.1. The van der Waals surface area contributed by atoms with Gasteiger partial charge in [0.05, 0.1) is 0 Å². The lowest BCUT2D eigenvalue weighted by Gasteiger charge is -2.08. The Morgan fingerprint density at radius 1 is 1.06 bits per heavy atom. The maximum atomic E-state index is 11.2. The first-order chi connectivity index (χ1) is 7.91. The highest BCUT2D eigenvalue weighted by atomic mass is 16.5. The number of nitrogens with two attached hydrogens (primary N) is 1. The Bertz CT molecular complexity index is 456. The van der Waals surface area contributed by atoms with E-state index in [4.69, 9.17) is 10.5 Å². The molecule has 0 atom stereocenters. The second-order valence-corrected chi connectivity index (χ2v) is 3.77. The van der Waals surface area contributed by atoms with Gasteiger partial charge in [-0.1, -0.05) is 17.7 Å². The molecule has 17 heavy (non-hydrogen) atoms. The number of allylic oxidation sites excluding steroid dienone is 1. The third-order valence-electron chi connectivity index (χ3n) is 2.20. The van der Waals surface area contributed by atoms with Crippen LogP contribution >= 0.6 is 0 Å². The van der Waals surface area contributed by atoms with E-state index in [-0.39, 0.29) is 11.5 Å². The zero-order chi connectivity index (χ0) is 13.0. The number of benzene rings is 1. The number of ether oxygens (including phenoxy) is 1. The van der Waals surface area contributed by atoms with Crippen LogP contribution in [-0.4, -0.2) is 11.6 Å². The van der Waals surface area contributed by atoms with Gasteiger partial charge in [-0.2, -0.15) is 0 Å². The van der Waals surface area contributed by atoms with E-state index in [1.165, 1.54) is 13.8 Å². The topological polar surface area (TPSA) is 69.4 Å². The summed E-state index contributed by atoms with van der Waals surface area (Å²) in [5.74, 6) is -0.467. The number of carbonyl (C=O) groups excluding carboxylic acids is 2. The van der Waals surface area contributed by atoms with Gasteiger partial charge in [0.1, 0.15) is 11.3 Å². The van der Waals surface area contributed by atoms with Gasteiger partial charge in [-0.3, -0.25) is 9.59 Å². The molecule has 0 saturated carbocycles. The van der Waals surface area contributed by atoms with Crippen molar-refractivity contribution in [2.45, 2.75) is 20.8 Å². The molecule has 0 aliphatic carbocycles. The molecule has 0 aromatic heterocycles. The van der Waals surface area contributed by atoms with Crippen LogP contribution in [0.4, 0.5) is 0 Å². The average Bonchev–Trinajstić information content (AvgIpc) is 2.20. The smallest absolute Gasteiger partial charge is 0.205 e. The number of carbonyl (C=O) groups is 2. The van der Waals surface area contributed by atoms with E-state index in [1.807, 2.05) is 19.1 Å². The molecule has 0 spiro atoms. The molecular formula is C13H15NO3. The molecule has 1 rings (SSSR count). The molecule has 0 fully saturated rings. The van der Waals surface area contributed by atoms with Gasteiger partial charge in [0, 0.05) is 0 Å². The summed E-state index contributed by atoms with van der Waals surface area (Å²) >= 11 is 0. The van der Waals surface area contributed by atoms with E-state index in [0.717, 1.165) is 5.56 Å². The number of rotatable bonds is 4. The standard InChI is InChI=1S/C13H15NO3/c1-8-4-6-11(7-5-8)17-13(14)12(9(2)15)10(3)16/h4-7H,14H2,1-3H3. The minimum atomic E-state index is -0.401. The second-order valence-electron chi connectivity index (χ2n) is 3.77. The van der Waals surface area contributed by atoms with Crippen LogP contribution in [0, 0.1) is 6.92 Å². The fourth-order valence-corrected chi connectivity index (χ4v) is 1.38. The van der Waals surface area contributed by atoms with Crippen LogP contribution < -0.4 is 10.5 Å². The lowest BCUT2D eigenvalue weighted by Crippen LogP contribution is -2.18. The maximum absolute atomic E-state index is 11.2. The molecule has 4 nitrogen and oxygen atoms in total. The molecule has 1 aromatic carbocycles. The Kier molecular flexibility index (Phi) is 4.04. The molecule has 90 valence electrons. The Morgan fingerprint density at radius 2 is 1.53 bits per heavy atom. The highest BCUT2D eigenvalue weighted by Crippen LogP contribution is 2.15. The predicted molar refractivity (Wildman–Crippen MR) is 64.4 cm³/mol. The first-order valence-corrected chi connectivity index (χ1v) is 5.18. The summed E-state index contributed by atoms with van der Waals surface area (Å²) in [6.07, 6.45) is 0. The lowest BCUT2D eigenvalue weighted by atomic mass is 10.1. The number of aryl methyl sites for hydroxylation is 1. The molecule has 0 unspecified atom stereocenters. The SMILES string of the molecule is CC(=O)C(C(C)=O)=C(N)Oc1ccc(C)cc1. The van der Waals surface area contributed by atoms with Gasteiger partial charge in [-0.15, -0.1) is 0 Å². The Hall–Kier alpha value is -2.10. The van der Waals surface area contributed by atoms with Crippen molar-refractivity contribution in [2.75, 3.05) is 0 Å². The van der Waals surface area contributed by atoms with Crippen molar-refractivity contribution < 1.29 is 14.3 Å². The normalized spacial score (nSPS) is 9.59. The van der Waals surface area contributed by atoms with Crippen LogP contribution in [0.1, 0.15) is 19.4 Å². The first-order valence-electron chi connectivity index (χ1n) is 5.18. The highest BCUT2D eigenvalue weighted by molar-refractivity contribution is 6.18. The van der Waals surface area contributed by atoms with Crippen LogP contribution in [0.2, 0.25) is 0 Å². The van der Waals surface area contributed by atoms with E-state index < -0.39 is 11.6 Å². The van der Waals surface area contributed by atoms with Crippen molar-refractivity contribution in [3.05, 3.63) is 41.3 Å². The van der Waals surface area contributed by atoms with Crippen molar-refractivity contribution in [1.29, 1.82) is 0 Å². The minimum Gasteiger partial charge on any atom is -0.441 e. The predicted octanol–water partition coefficient (Wildman–Crippen LogP) is 1.72. The maximum Gasteiger partial charge on any atom is 0.205 e. The molecule has 2 N–H and O–H groups in total. The summed E-state index contributed by atoms with van der Waals surface area (Å²) in [6, 6.07) is 7.15. The fraction of sp³-hybridized carbons (Fsp3) is 0.231. The summed E-state index contributed by atoms with van der Waals surface area (Å²) in [5, 5.41) is 0. The molecule has 0 amide bonds. The van der Waals surface area contributed by atoms with Crippen LogP contribution in [0.5, 0.6) is 5.75 Å². The molecular weight excluding hydrogens is 218 g/mol. The van der Waals surface area contributed by atoms with Crippen LogP contribution in [0.25, 0.3) is 0 Å². The fourth-order valence-electron chi connectivity index (χ4n) is 1.38. The van der Waals surface area contributed by atoms with E-state index in [0.29, 0.717) is 5.75 Å². The quantitative estimate of drug-likeness (QED) is 0.372. The molecule has 0 aliphatic heterocycles. The summed E-state index contributed by atoms with van der Waals surface area (Å²) < 4.78 is 5.27. The van der Waals surface area contributed by atoms with Gasteiger partial charge in [0.25, 0.3) is 0 Å². The molecule has 0 radical (unpaired) electrons. The number of hydrogen-bond donors (Lipinski definition) is 1. The van der Waals surface area contributed by atoms with E-state index in [9.17, 15) is 9.59 Å². The van der Waals surface area contributed by atoms with Crippen molar-refractivity contribution in [1.82, 2.24) is 0 Å². The number of ketones is 2. The van der Waals surface area contributed by atoms with Crippen molar-refractivity contribution >= 4 is 11.6 Å². The van der Waals surface area contributed by atoms with Gasteiger partial charge in [-0.25, -0.2) is 0 Å². The molecule has 1 aromatic rings. The second kappa shape index (κ2) is 5.30. The minimum absolute atomic E-state index is 0.106. The van der Waals surface area contributed by atoms with Crippen molar-refractivity contribution in [3.8, 4) is 5.75 Å². The largest absolute Gasteiger partial charge is 0.441 e. The summed E-state index contributed by atoms with van der Waals surface area (Å²) in [6.45, 7) is 4.50. The third kappa shape index (κ3) is 3.45.